The van der Waals surface area contributed by atoms with Gasteiger partial charge in [0.25, 0.3) is 5.91 Å². The number of ether oxygens (including phenoxy) is 1. The van der Waals surface area contributed by atoms with Gasteiger partial charge in [0.15, 0.2) is 19.7 Å². The lowest BCUT2D eigenvalue weighted by molar-refractivity contribution is 0.0745. The number of benzene rings is 2. The number of carbonyl (C=O) groups excluding carboxylic acids is 1. The van der Waals surface area contributed by atoms with Crippen molar-refractivity contribution in [2.75, 3.05) is 74.3 Å². The van der Waals surface area contributed by atoms with Crippen LogP contribution in [0.25, 0.3) is 0 Å². The van der Waals surface area contributed by atoms with Gasteiger partial charge in [0, 0.05) is 51.2 Å². The van der Waals surface area contributed by atoms with Crippen LogP contribution in [0.4, 0.5) is 15.8 Å². The second kappa shape index (κ2) is 10.3. The lowest BCUT2D eigenvalue weighted by atomic mass is 10.1. The molecule has 0 radical (unpaired) electrons. The molecule has 2 aliphatic heterocycles. The van der Waals surface area contributed by atoms with Gasteiger partial charge in [-0.15, -0.1) is 0 Å². The van der Waals surface area contributed by atoms with E-state index in [1.165, 1.54) is 18.2 Å². The van der Waals surface area contributed by atoms with E-state index in [1.807, 2.05) is 4.90 Å². The van der Waals surface area contributed by atoms with Gasteiger partial charge < -0.3 is 19.4 Å². The molecule has 4 rings (SSSR count). The molecule has 36 heavy (non-hydrogen) atoms. The zero-order valence-corrected chi connectivity index (χ0v) is 21.9. The van der Waals surface area contributed by atoms with Gasteiger partial charge in [-0.05, 0) is 36.4 Å². The third-order valence-electron chi connectivity index (χ3n) is 6.54. The summed E-state index contributed by atoms with van der Waals surface area (Å²) < 4.78 is 68.5. The van der Waals surface area contributed by atoms with Crippen LogP contribution in [0.3, 0.4) is 0 Å². The van der Waals surface area contributed by atoms with Crippen molar-refractivity contribution in [3.05, 3.63) is 47.8 Å². The number of carbonyl (C=O) groups is 1. The largest absolute Gasteiger partial charge is 0.378 e. The Morgan fingerprint density at radius 2 is 1.44 bits per heavy atom. The number of amides is 1. The average molecular weight is 540 g/mol. The van der Waals surface area contributed by atoms with E-state index in [4.69, 9.17) is 4.74 Å². The molecule has 12 heteroatoms. The van der Waals surface area contributed by atoms with Gasteiger partial charge in [-0.3, -0.25) is 4.79 Å². The van der Waals surface area contributed by atoms with Crippen molar-refractivity contribution < 1.29 is 30.8 Å². The standard InChI is InChI=1S/C24H30FN3O6S2/c1-3-36(32,33)19-5-6-22(27-12-14-34-15-13-27)20(16-19)24(29)28-10-8-26(9-11-28)23-7-4-18(17-21(23)25)35(2,30)31/h4-7,16-17H,3,8-15H2,1-2H3. The second-order valence-corrected chi connectivity index (χ2v) is 13.1. The SMILES string of the molecule is CCS(=O)(=O)c1ccc(N2CCOCC2)c(C(=O)N2CCN(c3ccc(S(C)(=O)=O)cc3F)CC2)c1. The third-order valence-corrected chi connectivity index (χ3v) is 9.39. The number of nitrogens with zero attached hydrogens (tertiary/aromatic N) is 3. The maximum Gasteiger partial charge on any atom is 0.256 e. The number of hydrogen-bond acceptors (Lipinski definition) is 8. The highest BCUT2D eigenvalue weighted by atomic mass is 32.2. The van der Waals surface area contributed by atoms with Crippen LogP contribution in [0.5, 0.6) is 0 Å². The molecule has 196 valence electrons. The summed E-state index contributed by atoms with van der Waals surface area (Å²) in [5.41, 5.74) is 1.27. The monoisotopic (exact) mass is 539 g/mol. The first-order valence-electron chi connectivity index (χ1n) is 11.7. The molecule has 0 N–H and O–H groups in total. The van der Waals surface area contributed by atoms with E-state index >= 15 is 0 Å². The van der Waals surface area contributed by atoms with Gasteiger partial charge in [0.05, 0.1) is 40.0 Å². The number of halogens is 1. The van der Waals surface area contributed by atoms with E-state index in [9.17, 15) is 26.0 Å². The fourth-order valence-corrected chi connectivity index (χ4v) is 5.96. The maximum absolute atomic E-state index is 14.7. The Labute approximate surface area is 211 Å². The summed E-state index contributed by atoms with van der Waals surface area (Å²) in [6.45, 7) is 5.09. The maximum atomic E-state index is 14.7. The second-order valence-electron chi connectivity index (χ2n) is 8.85. The normalized spacial score (nSPS) is 17.4. The Morgan fingerprint density at radius 3 is 2.03 bits per heavy atom. The van der Waals surface area contributed by atoms with Crippen LogP contribution >= 0.6 is 0 Å². The molecule has 2 fully saturated rings. The number of piperazine rings is 1. The lowest BCUT2D eigenvalue weighted by Crippen LogP contribution is -2.49. The molecule has 0 saturated carbocycles. The van der Waals surface area contributed by atoms with E-state index in [-0.39, 0.29) is 27.1 Å². The van der Waals surface area contributed by atoms with Crippen LogP contribution in [0, 0.1) is 5.82 Å². The first kappa shape index (κ1) is 26.4. The van der Waals surface area contributed by atoms with Crippen LogP contribution in [-0.2, 0) is 24.4 Å². The van der Waals surface area contributed by atoms with Crippen LogP contribution in [0.15, 0.2) is 46.2 Å². The van der Waals surface area contributed by atoms with Crippen molar-refractivity contribution in [2.24, 2.45) is 0 Å². The first-order chi connectivity index (χ1) is 17.0. The van der Waals surface area contributed by atoms with Gasteiger partial charge >= 0.3 is 0 Å². The third kappa shape index (κ3) is 5.50. The van der Waals surface area contributed by atoms with Gasteiger partial charge in [0.1, 0.15) is 5.82 Å². The highest BCUT2D eigenvalue weighted by Crippen LogP contribution is 2.29. The van der Waals surface area contributed by atoms with Crippen LogP contribution in [-0.4, -0.2) is 92.1 Å². The molecular weight excluding hydrogens is 509 g/mol. The van der Waals surface area contributed by atoms with Crippen molar-refractivity contribution >= 4 is 37.0 Å². The van der Waals surface area contributed by atoms with Crippen LogP contribution in [0.1, 0.15) is 17.3 Å². The predicted octanol–water partition coefficient (Wildman–Crippen LogP) is 1.82. The van der Waals surface area contributed by atoms with Crippen molar-refractivity contribution in [1.29, 1.82) is 0 Å². The number of rotatable bonds is 6. The summed E-state index contributed by atoms with van der Waals surface area (Å²) in [6.07, 6.45) is 1.03. The summed E-state index contributed by atoms with van der Waals surface area (Å²) in [4.78, 5) is 19.1. The van der Waals surface area contributed by atoms with Crippen molar-refractivity contribution in [2.45, 2.75) is 16.7 Å². The Balaban J connectivity index is 1.56. The number of anilines is 2. The first-order valence-corrected chi connectivity index (χ1v) is 15.3. The molecule has 9 nitrogen and oxygen atoms in total. The molecule has 0 atom stereocenters. The molecule has 2 aliphatic rings. The van der Waals surface area contributed by atoms with Gasteiger partial charge in [-0.1, -0.05) is 6.92 Å². The van der Waals surface area contributed by atoms with Gasteiger partial charge in [0.2, 0.25) is 0 Å². The minimum absolute atomic E-state index is 0.0696. The Hall–Kier alpha value is -2.70. The minimum Gasteiger partial charge on any atom is -0.378 e. The number of hydrogen-bond donors (Lipinski definition) is 0. The highest BCUT2D eigenvalue weighted by Gasteiger charge is 2.28. The van der Waals surface area contributed by atoms with Crippen molar-refractivity contribution in [1.82, 2.24) is 4.90 Å². The zero-order chi connectivity index (χ0) is 26.1. The van der Waals surface area contributed by atoms with Gasteiger partial charge in [-0.2, -0.15) is 0 Å². The molecule has 1 amide bonds. The Bertz CT molecular complexity index is 1350. The van der Waals surface area contributed by atoms with Crippen molar-refractivity contribution in [3.63, 3.8) is 0 Å². The fraction of sp³-hybridized carbons (Fsp3) is 0.458. The smallest absolute Gasteiger partial charge is 0.256 e. The van der Waals surface area contributed by atoms with Crippen LogP contribution < -0.4 is 9.80 Å². The molecule has 2 aromatic rings. The van der Waals surface area contributed by atoms with E-state index in [0.717, 1.165) is 12.3 Å². The molecule has 0 bridgehead atoms. The quantitative estimate of drug-likeness (QED) is 0.548. The molecule has 2 saturated heterocycles. The van der Waals surface area contributed by atoms with E-state index < -0.39 is 25.5 Å². The molecular formula is C24H30FN3O6S2. The molecule has 0 aliphatic carbocycles. The number of sulfone groups is 2. The summed E-state index contributed by atoms with van der Waals surface area (Å²) in [5, 5.41) is 0. The fourth-order valence-electron chi connectivity index (χ4n) is 4.42. The number of morpholine rings is 1. The zero-order valence-electron chi connectivity index (χ0n) is 20.3. The Morgan fingerprint density at radius 1 is 0.861 bits per heavy atom. The molecule has 0 aromatic heterocycles. The minimum atomic E-state index is -3.52. The Kier molecular flexibility index (Phi) is 7.58. The predicted molar refractivity (Wildman–Crippen MR) is 135 cm³/mol. The van der Waals surface area contributed by atoms with E-state index in [1.54, 1.807) is 28.9 Å². The van der Waals surface area contributed by atoms with Gasteiger partial charge in [-0.25, -0.2) is 21.2 Å². The van der Waals surface area contributed by atoms with Crippen LogP contribution in [0.2, 0.25) is 0 Å². The highest BCUT2D eigenvalue weighted by molar-refractivity contribution is 7.91. The lowest BCUT2D eigenvalue weighted by Gasteiger charge is -2.37. The molecule has 2 aromatic carbocycles. The average Bonchev–Trinajstić information content (AvgIpc) is 2.88. The van der Waals surface area contributed by atoms with E-state index in [0.29, 0.717) is 63.7 Å². The van der Waals surface area contributed by atoms with E-state index in [2.05, 4.69) is 0 Å². The molecule has 2 heterocycles. The summed E-state index contributed by atoms with van der Waals surface area (Å²) >= 11 is 0. The van der Waals surface area contributed by atoms with Crippen molar-refractivity contribution in [3.8, 4) is 0 Å². The molecule has 0 unspecified atom stereocenters. The summed E-state index contributed by atoms with van der Waals surface area (Å²) in [5.74, 6) is -0.984. The summed E-state index contributed by atoms with van der Waals surface area (Å²) in [7, 11) is -7.02. The summed E-state index contributed by atoms with van der Waals surface area (Å²) in [6, 6.07) is 8.52. The topological polar surface area (TPSA) is 104 Å². The molecule has 0 spiro atoms.